The average molecular weight is 517 g/mol. The molecule has 0 spiro atoms. The van der Waals surface area contributed by atoms with E-state index in [2.05, 4.69) is 16.0 Å². The Hall–Kier alpha value is -2.26. The first kappa shape index (κ1) is 30.8. The van der Waals surface area contributed by atoms with Crippen molar-refractivity contribution < 1.29 is 33.1 Å². The van der Waals surface area contributed by atoms with Crippen LogP contribution in [0.1, 0.15) is 60.8 Å². The molecular weight excluding hydrogens is 475 g/mol. The normalized spacial score (nSPS) is 19.5. The highest BCUT2D eigenvalue weighted by Gasteiger charge is 2.44. The molecule has 0 aromatic heterocycles. The van der Waals surface area contributed by atoms with Crippen molar-refractivity contribution in [3.8, 4) is 0 Å². The third-order valence-electron chi connectivity index (χ3n) is 5.55. The highest BCUT2D eigenvalue weighted by molar-refractivity contribution is 7.59. The maximum Gasteiger partial charge on any atom is 0.252 e. The van der Waals surface area contributed by atoms with Crippen molar-refractivity contribution in [2.24, 2.45) is 17.8 Å². The highest BCUT2D eigenvalue weighted by Crippen LogP contribution is 2.50. The number of nitrogens with zero attached hydrogens (tertiary/aromatic N) is 1. The molecule has 0 radical (unpaired) electrons. The third-order valence-corrected chi connectivity index (χ3v) is 7.99. The molecule has 1 unspecified atom stereocenters. The van der Waals surface area contributed by atoms with Crippen LogP contribution in [-0.4, -0.2) is 72.6 Å². The number of imide groups is 1. The number of nitrogens with one attached hydrogen (secondary N) is 3. The Bertz CT molecular complexity index is 846. The molecule has 1 saturated heterocycles. The van der Waals surface area contributed by atoms with Crippen molar-refractivity contribution in [2.75, 3.05) is 26.1 Å². The lowest BCUT2D eigenvalue weighted by molar-refractivity contribution is -0.138. The molecule has 1 aliphatic rings. The first-order chi connectivity index (χ1) is 16.2. The molecule has 0 aliphatic carbocycles. The van der Waals surface area contributed by atoms with Gasteiger partial charge in [0.25, 0.3) is 5.91 Å². The number of carbonyl (C=O) groups is 5. The summed E-state index contributed by atoms with van der Waals surface area (Å²) in [5, 5.41) is 7.77. The van der Waals surface area contributed by atoms with Crippen molar-refractivity contribution in [3.05, 3.63) is 0 Å². The van der Waals surface area contributed by atoms with Crippen molar-refractivity contribution in [1.82, 2.24) is 20.9 Å². The fourth-order valence-corrected chi connectivity index (χ4v) is 6.62. The average Bonchev–Trinajstić information content (AvgIpc) is 2.98. The van der Waals surface area contributed by atoms with Crippen LogP contribution in [-0.2, 0) is 33.1 Å². The summed E-state index contributed by atoms with van der Waals surface area (Å²) in [6, 6.07) is -1.75. The molecule has 35 heavy (non-hydrogen) atoms. The van der Waals surface area contributed by atoms with Crippen LogP contribution in [0.2, 0.25) is 0 Å². The SMILES string of the molecule is CCOP(=O)(C[C@@H](CC(C)C)C(=O)N[C@@H](CC(C)C)C(=O)NC)CN1C(=O)C[C@H](NC(C)=O)C1=O. The van der Waals surface area contributed by atoms with Crippen LogP contribution in [0.5, 0.6) is 0 Å². The van der Waals surface area contributed by atoms with Gasteiger partial charge in [0.05, 0.1) is 13.0 Å². The number of amides is 5. The Labute approximate surface area is 207 Å². The van der Waals surface area contributed by atoms with Crippen LogP contribution in [0.4, 0.5) is 0 Å². The fraction of sp³-hybridized carbons (Fsp3) is 0.783. The first-order valence-electron chi connectivity index (χ1n) is 12.1. The Morgan fingerprint density at radius 1 is 1.09 bits per heavy atom. The zero-order valence-corrected chi connectivity index (χ0v) is 22.8. The van der Waals surface area contributed by atoms with E-state index in [9.17, 15) is 28.5 Å². The Balaban J connectivity index is 3.13. The summed E-state index contributed by atoms with van der Waals surface area (Å²) in [7, 11) is -2.17. The van der Waals surface area contributed by atoms with Crippen LogP contribution >= 0.6 is 7.37 Å². The predicted molar refractivity (Wildman–Crippen MR) is 131 cm³/mol. The van der Waals surface area contributed by atoms with Crippen molar-refractivity contribution >= 4 is 36.9 Å². The van der Waals surface area contributed by atoms with E-state index < -0.39 is 55.3 Å². The minimum atomic E-state index is -3.66. The Morgan fingerprint density at radius 2 is 1.69 bits per heavy atom. The molecular formula is C23H41N4O7P. The summed E-state index contributed by atoms with van der Waals surface area (Å²) in [4.78, 5) is 62.9. The van der Waals surface area contributed by atoms with E-state index in [0.717, 1.165) is 4.90 Å². The quantitative estimate of drug-likeness (QED) is 0.234. The number of hydrogen-bond donors (Lipinski definition) is 3. The number of hydrogen-bond acceptors (Lipinski definition) is 7. The van der Waals surface area contributed by atoms with Gasteiger partial charge in [-0.3, -0.25) is 33.4 Å². The van der Waals surface area contributed by atoms with Gasteiger partial charge in [0.2, 0.25) is 31.0 Å². The van der Waals surface area contributed by atoms with Gasteiger partial charge < -0.3 is 20.5 Å². The first-order valence-corrected chi connectivity index (χ1v) is 14.1. The minimum absolute atomic E-state index is 0.0624. The minimum Gasteiger partial charge on any atom is -0.357 e. The topological polar surface area (TPSA) is 151 Å². The second-order valence-corrected chi connectivity index (χ2v) is 12.3. The Kier molecular flexibility index (Phi) is 12.1. The fourth-order valence-electron chi connectivity index (χ4n) is 4.13. The molecule has 5 amide bonds. The summed E-state index contributed by atoms with van der Waals surface area (Å²) in [5.74, 6) is -2.94. The van der Waals surface area contributed by atoms with Gasteiger partial charge in [0, 0.05) is 26.1 Å². The largest absolute Gasteiger partial charge is 0.357 e. The van der Waals surface area contributed by atoms with Crippen LogP contribution in [0.3, 0.4) is 0 Å². The molecule has 1 rings (SSSR count). The van der Waals surface area contributed by atoms with Gasteiger partial charge in [0.1, 0.15) is 18.4 Å². The third kappa shape index (κ3) is 9.72. The molecule has 0 bridgehead atoms. The number of rotatable bonds is 14. The van der Waals surface area contributed by atoms with E-state index in [4.69, 9.17) is 4.52 Å². The van der Waals surface area contributed by atoms with Crippen LogP contribution < -0.4 is 16.0 Å². The van der Waals surface area contributed by atoms with Crippen LogP contribution in [0, 0.1) is 17.8 Å². The van der Waals surface area contributed by atoms with E-state index in [0.29, 0.717) is 12.8 Å². The van der Waals surface area contributed by atoms with E-state index >= 15 is 0 Å². The van der Waals surface area contributed by atoms with Gasteiger partial charge in [-0.05, 0) is 31.6 Å². The summed E-state index contributed by atoms with van der Waals surface area (Å²) >= 11 is 0. The van der Waals surface area contributed by atoms with Gasteiger partial charge in [-0.1, -0.05) is 27.7 Å². The van der Waals surface area contributed by atoms with Crippen molar-refractivity contribution in [3.63, 3.8) is 0 Å². The number of likely N-dealkylation sites (tertiary alicyclic amines) is 1. The molecule has 11 nitrogen and oxygen atoms in total. The Morgan fingerprint density at radius 3 is 2.17 bits per heavy atom. The van der Waals surface area contributed by atoms with Gasteiger partial charge in [-0.15, -0.1) is 0 Å². The van der Waals surface area contributed by atoms with E-state index in [-0.39, 0.29) is 36.9 Å². The zero-order chi connectivity index (χ0) is 26.9. The molecule has 0 saturated carbocycles. The molecule has 4 atom stereocenters. The monoisotopic (exact) mass is 516 g/mol. The highest BCUT2D eigenvalue weighted by atomic mass is 31.2. The predicted octanol–water partition coefficient (Wildman–Crippen LogP) is 1.46. The van der Waals surface area contributed by atoms with Gasteiger partial charge in [-0.2, -0.15) is 0 Å². The van der Waals surface area contributed by atoms with E-state index in [1.54, 1.807) is 6.92 Å². The van der Waals surface area contributed by atoms with Gasteiger partial charge in [0.15, 0.2) is 0 Å². The van der Waals surface area contributed by atoms with Crippen LogP contribution in [0.15, 0.2) is 0 Å². The second kappa shape index (κ2) is 13.7. The van der Waals surface area contributed by atoms with Gasteiger partial charge in [-0.25, -0.2) is 0 Å². The zero-order valence-electron chi connectivity index (χ0n) is 21.9. The standard InChI is InChI=1S/C23H41N4O7P/c1-8-34-35(33,13-27-20(29)11-19(23(27)32)25-16(6)28)12-17(9-14(2)3)21(30)26-18(10-15(4)5)22(31)24-7/h14-15,17-19H,8-13H2,1-7H3,(H,24,31)(H,25,28)(H,26,30)/t17-,18+,19+,35?/m1/s1. The second-order valence-electron chi connectivity index (χ2n) is 9.80. The lowest BCUT2D eigenvalue weighted by Gasteiger charge is -2.28. The summed E-state index contributed by atoms with van der Waals surface area (Å²) < 4.78 is 19.4. The molecule has 1 heterocycles. The molecule has 0 aromatic carbocycles. The maximum atomic E-state index is 13.8. The smallest absolute Gasteiger partial charge is 0.252 e. The molecule has 200 valence electrons. The van der Waals surface area contributed by atoms with Crippen molar-refractivity contribution in [1.29, 1.82) is 0 Å². The summed E-state index contributed by atoms with van der Waals surface area (Å²) in [5.41, 5.74) is 0. The molecule has 1 aliphatic heterocycles. The maximum absolute atomic E-state index is 13.8. The summed E-state index contributed by atoms with van der Waals surface area (Å²) in [6.45, 7) is 10.7. The van der Waals surface area contributed by atoms with Crippen molar-refractivity contribution in [2.45, 2.75) is 72.9 Å². The summed E-state index contributed by atoms with van der Waals surface area (Å²) in [6.07, 6.45) is -0.0641. The number of carbonyl (C=O) groups excluding carboxylic acids is 5. The molecule has 1 fully saturated rings. The van der Waals surface area contributed by atoms with E-state index in [1.165, 1.54) is 14.0 Å². The number of likely N-dealkylation sites (N-methyl/N-ethyl adjacent to an activating group) is 1. The lowest BCUT2D eigenvalue weighted by atomic mass is 9.96. The molecule has 0 aromatic rings. The molecule has 12 heteroatoms. The lowest BCUT2D eigenvalue weighted by Crippen LogP contribution is -2.49. The molecule has 3 N–H and O–H groups in total. The van der Waals surface area contributed by atoms with E-state index in [1.807, 2.05) is 27.7 Å². The van der Waals surface area contributed by atoms with Gasteiger partial charge >= 0.3 is 0 Å². The van der Waals surface area contributed by atoms with Crippen LogP contribution in [0.25, 0.3) is 0 Å².